The van der Waals surface area contributed by atoms with Crippen molar-refractivity contribution in [1.29, 1.82) is 0 Å². The molecule has 9 nitrogen and oxygen atoms in total. The third kappa shape index (κ3) is 53.6. The number of quaternary nitrogens is 1. The zero-order valence-corrected chi connectivity index (χ0v) is 47.0. The van der Waals surface area contributed by atoms with E-state index in [9.17, 15) is 19.5 Å². The van der Waals surface area contributed by atoms with Gasteiger partial charge in [-0.2, -0.15) is 0 Å². The van der Waals surface area contributed by atoms with Crippen LogP contribution < -0.4 is 0 Å². The van der Waals surface area contributed by atoms with Crippen LogP contribution >= 0.6 is 0 Å². The van der Waals surface area contributed by atoms with E-state index in [1.807, 2.05) is 21.1 Å². The van der Waals surface area contributed by atoms with Crippen molar-refractivity contribution in [3.63, 3.8) is 0 Å². The second kappa shape index (κ2) is 53.1. The zero-order valence-electron chi connectivity index (χ0n) is 47.0. The van der Waals surface area contributed by atoms with Gasteiger partial charge in [0.05, 0.1) is 34.4 Å². The highest BCUT2D eigenvalue weighted by Crippen LogP contribution is 2.18. The standard InChI is InChI=1S/C61H115NO8/c1-6-8-10-12-14-16-18-20-22-24-25-26-27-28-29-30-31-32-33-34-35-36-38-39-41-43-45-47-49-51-58(63)68-55-57(56-69-61(60(65)66)67-54-53-62(3,4)5)70-59(64)52-50-48-46-44-42-40-37-23-21-19-17-15-13-11-9-7-2/h17,19,23,37,57,61H,6-16,18,20-22,24-36,38-56H2,1-5H3/p+1/b19-17-,37-23-. The van der Waals surface area contributed by atoms with Crippen molar-refractivity contribution in [2.45, 2.75) is 302 Å². The Balaban J connectivity index is 4.11. The summed E-state index contributed by atoms with van der Waals surface area (Å²) in [5.41, 5.74) is 0. The lowest BCUT2D eigenvalue weighted by Gasteiger charge is -2.25. The molecular formula is C61H116NO8+. The molecule has 0 radical (unpaired) electrons. The first kappa shape index (κ1) is 67.8. The molecule has 0 aromatic rings. The van der Waals surface area contributed by atoms with E-state index in [0.717, 1.165) is 57.8 Å². The Kier molecular flexibility index (Phi) is 51.4. The van der Waals surface area contributed by atoms with Crippen LogP contribution in [0.15, 0.2) is 24.3 Å². The molecule has 2 unspecified atom stereocenters. The Hall–Kier alpha value is -2.23. The van der Waals surface area contributed by atoms with Gasteiger partial charge in [0.1, 0.15) is 13.2 Å². The van der Waals surface area contributed by atoms with E-state index in [1.165, 1.54) is 199 Å². The van der Waals surface area contributed by atoms with Gasteiger partial charge in [-0.05, 0) is 44.9 Å². The molecule has 2 atom stereocenters. The minimum Gasteiger partial charge on any atom is -0.477 e. The van der Waals surface area contributed by atoms with Crippen LogP contribution in [0, 0.1) is 0 Å². The molecule has 0 fully saturated rings. The molecule has 70 heavy (non-hydrogen) atoms. The molecular weight excluding hydrogens is 875 g/mol. The lowest BCUT2D eigenvalue weighted by atomic mass is 10.0. The second-order valence-corrected chi connectivity index (χ2v) is 21.7. The Morgan fingerprint density at radius 3 is 1.14 bits per heavy atom. The van der Waals surface area contributed by atoms with Gasteiger partial charge < -0.3 is 28.5 Å². The maximum absolute atomic E-state index is 12.8. The molecule has 0 aliphatic rings. The van der Waals surface area contributed by atoms with Gasteiger partial charge in [0.25, 0.3) is 6.29 Å². The first-order valence-corrected chi connectivity index (χ1v) is 30.0. The Labute approximate surface area is 433 Å². The van der Waals surface area contributed by atoms with Gasteiger partial charge in [-0.1, -0.05) is 256 Å². The molecule has 0 aromatic heterocycles. The van der Waals surface area contributed by atoms with E-state index < -0.39 is 24.3 Å². The number of rotatable bonds is 56. The quantitative estimate of drug-likeness (QED) is 0.0211. The molecule has 0 bridgehead atoms. The molecule has 0 aliphatic heterocycles. The molecule has 0 aliphatic carbocycles. The van der Waals surface area contributed by atoms with Crippen molar-refractivity contribution in [2.75, 3.05) is 47.5 Å². The van der Waals surface area contributed by atoms with E-state index in [-0.39, 0.29) is 32.2 Å². The summed E-state index contributed by atoms with van der Waals surface area (Å²) in [6.45, 7) is 4.89. The van der Waals surface area contributed by atoms with Crippen LogP contribution in [0.2, 0.25) is 0 Å². The van der Waals surface area contributed by atoms with Crippen LogP contribution in [0.5, 0.6) is 0 Å². The smallest absolute Gasteiger partial charge is 0.361 e. The molecule has 0 spiro atoms. The molecule has 9 heteroatoms. The summed E-state index contributed by atoms with van der Waals surface area (Å²) >= 11 is 0. The number of allylic oxidation sites excluding steroid dienone is 4. The van der Waals surface area contributed by atoms with Crippen LogP contribution in [-0.4, -0.2) is 87.4 Å². The highest BCUT2D eigenvalue weighted by Gasteiger charge is 2.25. The minimum absolute atomic E-state index is 0.183. The number of aliphatic carboxylic acids is 1. The molecule has 1 N–H and O–H groups in total. The molecule has 0 amide bonds. The number of carboxylic acids is 1. The summed E-state index contributed by atoms with van der Waals surface area (Å²) in [6.07, 6.45) is 59.9. The monoisotopic (exact) mass is 991 g/mol. The molecule has 0 saturated carbocycles. The number of hydrogen-bond acceptors (Lipinski definition) is 7. The highest BCUT2D eigenvalue weighted by molar-refractivity contribution is 5.71. The topological polar surface area (TPSA) is 108 Å². The predicted octanol–water partition coefficient (Wildman–Crippen LogP) is 17.5. The molecule has 412 valence electrons. The fourth-order valence-electron chi connectivity index (χ4n) is 8.81. The SMILES string of the molecule is CCCCCC/C=C\C/C=C\CCCCCCCC(=O)OC(COC(=O)CCCCCCCCCCCCCCCCCCCCCCCCCCCCCCC)COC(OCC[N+](C)(C)C)C(=O)O. The van der Waals surface area contributed by atoms with Crippen molar-refractivity contribution in [3.05, 3.63) is 24.3 Å². The zero-order chi connectivity index (χ0) is 51.3. The molecule has 0 saturated heterocycles. The van der Waals surface area contributed by atoms with Crippen molar-refractivity contribution in [2.24, 2.45) is 0 Å². The van der Waals surface area contributed by atoms with Crippen molar-refractivity contribution >= 4 is 17.9 Å². The number of unbranched alkanes of at least 4 members (excludes halogenated alkanes) is 37. The number of ether oxygens (including phenoxy) is 4. The third-order valence-electron chi connectivity index (χ3n) is 13.5. The summed E-state index contributed by atoms with van der Waals surface area (Å²) < 4.78 is 22.9. The van der Waals surface area contributed by atoms with Crippen LogP contribution in [0.1, 0.15) is 290 Å². The summed E-state index contributed by atoms with van der Waals surface area (Å²) in [4.78, 5) is 37.4. The number of carbonyl (C=O) groups excluding carboxylic acids is 2. The summed E-state index contributed by atoms with van der Waals surface area (Å²) in [5.74, 6) is -2.01. The lowest BCUT2D eigenvalue weighted by Crippen LogP contribution is -2.40. The highest BCUT2D eigenvalue weighted by atomic mass is 16.7. The van der Waals surface area contributed by atoms with Crippen molar-refractivity contribution in [3.8, 4) is 0 Å². The van der Waals surface area contributed by atoms with Crippen LogP contribution in [0.4, 0.5) is 0 Å². The summed E-state index contributed by atoms with van der Waals surface area (Å²) in [5, 5.41) is 9.69. The van der Waals surface area contributed by atoms with Gasteiger partial charge in [0.15, 0.2) is 6.10 Å². The van der Waals surface area contributed by atoms with Crippen LogP contribution in [-0.2, 0) is 33.3 Å². The average molecular weight is 992 g/mol. The third-order valence-corrected chi connectivity index (χ3v) is 13.5. The Morgan fingerprint density at radius 1 is 0.429 bits per heavy atom. The molecule has 0 heterocycles. The van der Waals surface area contributed by atoms with Gasteiger partial charge >= 0.3 is 17.9 Å². The van der Waals surface area contributed by atoms with E-state index in [0.29, 0.717) is 23.9 Å². The van der Waals surface area contributed by atoms with Gasteiger partial charge in [-0.15, -0.1) is 0 Å². The number of esters is 2. The van der Waals surface area contributed by atoms with E-state index in [2.05, 4.69) is 38.2 Å². The van der Waals surface area contributed by atoms with Crippen molar-refractivity contribution in [1.82, 2.24) is 0 Å². The van der Waals surface area contributed by atoms with Crippen LogP contribution in [0.25, 0.3) is 0 Å². The summed E-state index contributed by atoms with van der Waals surface area (Å²) in [6, 6.07) is 0. The number of likely N-dealkylation sites (N-methyl/N-ethyl adjacent to an activating group) is 1. The van der Waals surface area contributed by atoms with Gasteiger partial charge in [0.2, 0.25) is 0 Å². The van der Waals surface area contributed by atoms with E-state index in [1.54, 1.807) is 0 Å². The fourth-order valence-corrected chi connectivity index (χ4v) is 8.81. The van der Waals surface area contributed by atoms with Crippen molar-refractivity contribution < 1.29 is 42.9 Å². The Bertz CT molecular complexity index is 1200. The first-order chi connectivity index (χ1) is 34.1. The normalized spacial score (nSPS) is 12.9. The Morgan fingerprint density at radius 2 is 0.771 bits per heavy atom. The average Bonchev–Trinajstić information content (AvgIpc) is 3.33. The van der Waals surface area contributed by atoms with Gasteiger partial charge in [0, 0.05) is 12.8 Å². The second-order valence-electron chi connectivity index (χ2n) is 21.7. The fraction of sp³-hybridized carbons (Fsp3) is 0.885. The van der Waals surface area contributed by atoms with Gasteiger partial charge in [-0.25, -0.2) is 4.79 Å². The number of nitrogens with zero attached hydrogens (tertiary/aromatic N) is 1. The number of carbonyl (C=O) groups is 3. The maximum atomic E-state index is 12.8. The van der Waals surface area contributed by atoms with Gasteiger partial charge in [-0.3, -0.25) is 9.59 Å². The molecule has 0 aromatic carbocycles. The summed E-state index contributed by atoms with van der Waals surface area (Å²) in [7, 11) is 5.97. The lowest BCUT2D eigenvalue weighted by molar-refractivity contribution is -0.870. The molecule has 0 rings (SSSR count). The number of carboxylic acid groups (broad SMARTS) is 1. The predicted molar refractivity (Wildman–Crippen MR) is 295 cm³/mol. The minimum atomic E-state index is -1.51. The first-order valence-electron chi connectivity index (χ1n) is 30.0. The van der Waals surface area contributed by atoms with Crippen LogP contribution in [0.3, 0.4) is 0 Å². The largest absolute Gasteiger partial charge is 0.477 e. The number of hydrogen-bond donors (Lipinski definition) is 1. The van der Waals surface area contributed by atoms with E-state index in [4.69, 9.17) is 18.9 Å². The maximum Gasteiger partial charge on any atom is 0.361 e. The van der Waals surface area contributed by atoms with E-state index >= 15 is 0 Å².